The minimum absolute atomic E-state index is 0. The number of nitrogens with zero attached hydrogens (tertiary/aromatic N) is 1. The molecular weight excluding hydrogens is 298 g/mol. The van der Waals surface area contributed by atoms with Gasteiger partial charge in [0.1, 0.15) is 5.75 Å². The number of unbranched alkanes of at least 4 members (excludes halogenated alkanes) is 2. The third kappa shape index (κ3) is 6.37. The Balaban J connectivity index is 0.00000242. The van der Waals surface area contributed by atoms with Crippen molar-refractivity contribution in [3.63, 3.8) is 0 Å². The predicted molar refractivity (Wildman–Crippen MR) is 93.3 cm³/mol. The van der Waals surface area contributed by atoms with Crippen LogP contribution in [0.25, 0.3) is 0 Å². The molecule has 1 aromatic carbocycles. The Kier molecular flexibility index (Phi) is 9.17. The molecule has 1 fully saturated rings. The van der Waals surface area contributed by atoms with Crippen LogP contribution >= 0.6 is 12.4 Å². The number of carbonyl (C=O) groups excluding carboxylic acids is 1. The van der Waals surface area contributed by atoms with Gasteiger partial charge in [0.2, 0.25) is 0 Å². The van der Waals surface area contributed by atoms with E-state index in [4.69, 9.17) is 4.74 Å². The molecule has 0 saturated carbocycles. The number of ketones is 1. The van der Waals surface area contributed by atoms with Gasteiger partial charge in [-0.15, -0.1) is 12.4 Å². The number of ether oxygens (including phenoxy) is 1. The van der Waals surface area contributed by atoms with E-state index in [1.54, 1.807) is 0 Å². The number of rotatable bonds is 9. The van der Waals surface area contributed by atoms with Gasteiger partial charge in [0.25, 0.3) is 0 Å². The maximum atomic E-state index is 12.1. The molecule has 4 heteroatoms. The van der Waals surface area contributed by atoms with E-state index < -0.39 is 0 Å². The number of hydrogen-bond acceptors (Lipinski definition) is 3. The van der Waals surface area contributed by atoms with Gasteiger partial charge in [-0.2, -0.15) is 0 Å². The van der Waals surface area contributed by atoms with Gasteiger partial charge in [-0.25, -0.2) is 0 Å². The second-order valence-electron chi connectivity index (χ2n) is 5.80. The van der Waals surface area contributed by atoms with E-state index in [1.165, 1.54) is 25.7 Å². The second kappa shape index (κ2) is 10.6. The van der Waals surface area contributed by atoms with E-state index in [-0.39, 0.29) is 18.2 Å². The molecule has 1 saturated heterocycles. The molecule has 1 aliphatic rings. The molecule has 1 aromatic rings. The molecule has 22 heavy (non-hydrogen) atoms. The summed E-state index contributed by atoms with van der Waals surface area (Å²) in [5.41, 5.74) is 0.801. The van der Waals surface area contributed by atoms with Gasteiger partial charge in [-0.3, -0.25) is 4.79 Å². The minimum atomic E-state index is 0. The lowest BCUT2D eigenvalue weighted by Crippen LogP contribution is -2.22. The summed E-state index contributed by atoms with van der Waals surface area (Å²) < 4.78 is 5.66. The Morgan fingerprint density at radius 3 is 2.45 bits per heavy atom. The molecule has 1 aliphatic heterocycles. The minimum Gasteiger partial charge on any atom is -0.494 e. The van der Waals surface area contributed by atoms with Gasteiger partial charge < -0.3 is 9.64 Å². The average molecular weight is 326 g/mol. The van der Waals surface area contributed by atoms with E-state index >= 15 is 0 Å². The van der Waals surface area contributed by atoms with Gasteiger partial charge in [-0.1, -0.05) is 19.8 Å². The molecule has 0 atom stereocenters. The maximum Gasteiger partial charge on any atom is 0.164 e. The van der Waals surface area contributed by atoms with E-state index in [0.717, 1.165) is 44.0 Å². The van der Waals surface area contributed by atoms with Gasteiger partial charge in [0.15, 0.2) is 5.78 Å². The van der Waals surface area contributed by atoms with Crippen molar-refractivity contribution < 1.29 is 9.53 Å². The van der Waals surface area contributed by atoms with Crippen LogP contribution in [0.15, 0.2) is 24.3 Å². The summed E-state index contributed by atoms with van der Waals surface area (Å²) >= 11 is 0. The summed E-state index contributed by atoms with van der Waals surface area (Å²) in [5, 5.41) is 0. The summed E-state index contributed by atoms with van der Waals surface area (Å²) in [6, 6.07) is 7.60. The molecule has 2 rings (SSSR count). The second-order valence-corrected chi connectivity index (χ2v) is 5.80. The number of likely N-dealkylation sites (tertiary alicyclic amines) is 1. The van der Waals surface area contributed by atoms with Crippen LogP contribution in [0.3, 0.4) is 0 Å². The normalized spacial score (nSPS) is 14.6. The van der Waals surface area contributed by atoms with E-state index in [9.17, 15) is 4.79 Å². The summed E-state index contributed by atoms with van der Waals surface area (Å²) in [6.07, 6.45) is 6.67. The fourth-order valence-corrected chi connectivity index (χ4v) is 2.69. The molecule has 0 spiro atoms. The van der Waals surface area contributed by atoms with E-state index in [0.29, 0.717) is 6.42 Å². The van der Waals surface area contributed by atoms with Crippen LogP contribution < -0.4 is 4.74 Å². The number of Topliss-reactive ketones (excluding diaryl/α,β-unsaturated/α-hetero) is 1. The van der Waals surface area contributed by atoms with Crippen molar-refractivity contribution in [2.24, 2.45) is 0 Å². The Morgan fingerprint density at radius 2 is 1.82 bits per heavy atom. The van der Waals surface area contributed by atoms with Crippen molar-refractivity contribution in [3.05, 3.63) is 29.8 Å². The molecule has 0 unspecified atom stereocenters. The largest absolute Gasteiger partial charge is 0.494 e. The van der Waals surface area contributed by atoms with Crippen molar-refractivity contribution in [1.29, 1.82) is 0 Å². The van der Waals surface area contributed by atoms with Crippen LogP contribution in [0, 0.1) is 0 Å². The summed E-state index contributed by atoms with van der Waals surface area (Å²) in [6.45, 7) is 6.14. The zero-order valence-electron chi connectivity index (χ0n) is 13.6. The smallest absolute Gasteiger partial charge is 0.164 e. The first-order valence-electron chi connectivity index (χ1n) is 8.28. The van der Waals surface area contributed by atoms with Gasteiger partial charge in [-0.05, 0) is 56.6 Å². The van der Waals surface area contributed by atoms with E-state index in [1.807, 2.05) is 24.3 Å². The van der Waals surface area contributed by atoms with E-state index in [2.05, 4.69) is 11.8 Å². The van der Waals surface area contributed by atoms with Crippen LogP contribution in [0.2, 0.25) is 0 Å². The number of halogens is 1. The van der Waals surface area contributed by atoms with Crippen molar-refractivity contribution in [2.75, 3.05) is 26.2 Å². The number of hydrogen-bond donors (Lipinski definition) is 0. The molecular formula is C18H28ClNO2. The summed E-state index contributed by atoms with van der Waals surface area (Å²) in [7, 11) is 0. The Labute approximate surface area is 140 Å². The molecule has 1 heterocycles. The highest BCUT2D eigenvalue weighted by Gasteiger charge is 2.13. The molecule has 3 nitrogen and oxygen atoms in total. The highest BCUT2D eigenvalue weighted by atomic mass is 35.5. The van der Waals surface area contributed by atoms with Crippen molar-refractivity contribution in [1.82, 2.24) is 4.90 Å². The van der Waals surface area contributed by atoms with Crippen molar-refractivity contribution in [3.8, 4) is 5.75 Å². The quantitative estimate of drug-likeness (QED) is 0.499. The van der Waals surface area contributed by atoms with Crippen LogP contribution in [-0.4, -0.2) is 36.9 Å². The lowest BCUT2D eigenvalue weighted by Gasteiger charge is -2.13. The molecule has 0 radical (unpaired) electrons. The molecule has 0 aromatic heterocycles. The fourth-order valence-electron chi connectivity index (χ4n) is 2.69. The predicted octanol–water partition coefficient (Wildman–Crippen LogP) is 4.35. The first kappa shape index (κ1) is 19.0. The third-order valence-corrected chi connectivity index (χ3v) is 4.05. The molecule has 124 valence electrons. The van der Waals surface area contributed by atoms with Gasteiger partial charge in [0.05, 0.1) is 6.61 Å². The molecule has 0 amide bonds. The van der Waals surface area contributed by atoms with Crippen molar-refractivity contribution >= 4 is 18.2 Å². The monoisotopic (exact) mass is 325 g/mol. The highest BCUT2D eigenvalue weighted by molar-refractivity contribution is 5.96. The third-order valence-electron chi connectivity index (χ3n) is 4.05. The van der Waals surface area contributed by atoms with Crippen LogP contribution in [-0.2, 0) is 0 Å². The van der Waals surface area contributed by atoms with Crippen LogP contribution in [0.5, 0.6) is 5.75 Å². The van der Waals surface area contributed by atoms with Crippen molar-refractivity contribution in [2.45, 2.75) is 45.4 Å². The first-order valence-corrected chi connectivity index (χ1v) is 8.28. The van der Waals surface area contributed by atoms with Crippen LogP contribution in [0.4, 0.5) is 0 Å². The van der Waals surface area contributed by atoms with Gasteiger partial charge >= 0.3 is 0 Å². The molecule has 0 bridgehead atoms. The maximum absolute atomic E-state index is 12.1. The topological polar surface area (TPSA) is 29.5 Å². The molecule has 0 aliphatic carbocycles. The molecule has 0 N–H and O–H groups in total. The Bertz CT molecular complexity index is 427. The standard InChI is InChI=1S/C18H27NO2.ClH/c1-2-3-6-15-21-17-9-7-16(8-10-17)18(20)11-14-19-12-4-5-13-19;/h7-10H,2-6,11-15H2,1H3;1H. The lowest BCUT2D eigenvalue weighted by atomic mass is 10.1. The Hall–Kier alpha value is -1.06. The zero-order valence-corrected chi connectivity index (χ0v) is 14.4. The fraction of sp³-hybridized carbons (Fsp3) is 0.611. The average Bonchev–Trinajstić information content (AvgIpc) is 3.03. The van der Waals surface area contributed by atoms with Crippen LogP contribution in [0.1, 0.15) is 55.8 Å². The first-order chi connectivity index (χ1) is 10.3. The zero-order chi connectivity index (χ0) is 14.9. The van der Waals surface area contributed by atoms with Gasteiger partial charge in [0, 0.05) is 18.5 Å². The summed E-state index contributed by atoms with van der Waals surface area (Å²) in [5.74, 6) is 1.10. The summed E-state index contributed by atoms with van der Waals surface area (Å²) in [4.78, 5) is 14.5. The SMILES string of the molecule is CCCCCOc1ccc(C(=O)CCN2CCCC2)cc1.Cl. The highest BCUT2D eigenvalue weighted by Crippen LogP contribution is 2.15. The number of benzene rings is 1. The Morgan fingerprint density at radius 1 is 1.14 bits per heavy atom. The number of carbonyl (C=O) groups is 1. The lowest BCUT2D eigenvalue weighted by molar-refractivity contribution is 0.0969.